The molecule has 2 aromatic heterocycles. The minimum absolute atomic E-state index is 0.461. The molecule has 4 nitrogen and oxygen atoms in total. The van der Waals surface area contributed by atoms with Gasteiger partial charge in [-0.25, -0.2) is 0 Å². The molecule has 0 bridgehead atoms. The first kappa shape index (κ1) is 13.3. The highest BCUT2D eigenvalue weighted by atomic mass is 79.9. The van der Waals surface area contributed by atoms with Crippen LogP contribution >= 0.6 is 31.9 Å². The van der Waals surface area contributed by atoms with E-state index in [1.165, 1.54) is 0 Å². The van der Waals surface area contributed by atoms with E-state index < -0.39 is 0 Å². The van der Waals surface area contributed by atoms with Crippen molar-refractivity contribution >= 4 is 37.7 Å². The van der Waals surface area contributed by atoms with Gasteiger partial charge in [0.15, 0.2) is 5.82 Å². The molecule has 0 amide bonds. The van der Waals surface area contributed by atoms with Gasteiger partial charge in [-0.2, -0.15) is 5.10 Å². The van der Waals surface area contributed by atoms with Crippen molar-refractivity contribution in [1.29, 1.82) is 0 Å². The van der Waals surface area contributed by atoms with Crippen LogP contribution in [0.5, 0.6) is 0 Å². The maximum Gasteiger partial charge on any atom is 0.153 e. The standard InChI is InChI=1S/C14H10Br2N4/c15-9-3-4-10(11(16)6-9)13-12(14(17)20-19-13)8-2-1-5-18-7-8/h1-7H,(H3,17,19,20). The van der Waals surface area contributed by atoms with Gasteiger partial charge in [0.2, 0.25) is 0 Å². The molecule has 1 aromatic carbocycles. The van der Waals surface area contributed by atoms with Gasteiger partial charge in [0.1, 0.15) is 0 Å². The van der Waals surface area contributed by atoms with Crippen molar-refractivity contribution in [1.82, 2.24) is 15.2 Å². The highest BCUT2D eigenvalue weighted by Gasteiger charge is 2.16. The third-order valence-corrected chi connectivity index (χ3v) is 4.09. The number of benzene rings is 1. The maximum atomic E-state index is 6.00. The van der Waals surface area contributed by atoms with Crippen molar-refractivity contribution in [2.75, 3.05) is 5.73 Å². The third kappa shape index (κ3) is 2.36. The van der Waals surface area contributed by atoms with E-state index in [4.69, 9.17) is 5.73 Å². The second-order valence-corrected chi connectivity index (χ2v) is 5.99. The summed E-state index contributed by atoms with van der Waals surface area (Å²) in [6.45, 7) is 0. The molecule has 0 aliphatic heterocycles. The number of aromatic amines is 1. The van der Waals surface area contributed by atoms with Gasteiger partial charge < -0.3 is 5.73 Å². The first-order valence-electron chi connectivity index (χ1n) is 5.86. The number of rotatable bonds is 2. The molecule has 0 aliphatic carbocycles. The smallest absolute Gasteiger partial charge is 0.153 e. The Labute approximate surface area is 132 Å². The second-order valence-electron chi connectivity index (χ2n) is 4.22. The number of hydrogen-bond acceptors (Lipinski definition) is 3. The summed E-state index contributed by atoms with van der Waals surface area (Å²) >= 11 is 7.01. The summed E-state index contributed by atoms with van der Waals surface area (Å²) in [5, 5.41) is 7.13. The molecule has 100 valence electrons. The summed E-state index contributed by atoms with van der Waals surface area (Å²) in [6, 6.07) is 9.80. The Balaban J connectivity index is 2.21. The fourth-order valence-electron chi connectivity index (χ4n) is 2.05. The van der Waals surface area contributed by atoms with Gasteiger partial charge in [0.05, 0.1) is 11.3 Å². The number of nitrogens with one attached hydrogen (secondary N) is 1. The Morgan fingerprint density at radius 1 is 1.15 bits per heavy atom. The van der Waals surface area contributed by atoms with Gasteiger partial charge in [-0.05, 0) is 18.2 Å². The van der Waals surface area contributed by atoms with Gasteiger partial charge in [-0.3, -0.25) is 10.1 Å². The van der Waals surface area contributed by atoms with Crippen LogP contribution in [0.1, 0.15) is 0 Å². The number of nitrogen functional groups attached to an aromatic ring is 1. The molecular weight excluding hydrogens is 384 g/mol. The first-order valence-corrected chi connectivity index (χ1v) is 7.45. The predicted octanol–water partition coefficient (Wildman–Crippen LogP) is 4.25. The molecule has 2 heterocycles. The van der Waals surface area contributed by atoms with Crippen LogP contribution in [0.4, 0.5) is 5.82 Å². The zero-order chi connectivity index (χ0) is 14.1. The minimum Gasteiger partial charge on any atom is -0.382 e. The summed E-state index contributed by atoms with van der Waals surface area (Å²) < 4.78 is 1.96. The average molecular weight is 394 g/mol. The lowest BCUT2D eigenvalue weighted by atomic mass is 10.0. The van der Waals surface area contributed by atoms with Crippen LogP contribution in [0.25, 0.3) is 22.4 Å². The molecule has 0 atom stereocenters. The van der Waals surface area contributed by atoms with Crippen LogP contribution in [0, 0.1) is 0 Å². The number of aromatic nitrogens is 3. The van der Waals surface area contributed by atoms with Crippen LogP contribution in [0.3, 0.4) is 0 Å². The van der Waals surface area contributed by atoms with Crippen molar-refractivity contribution in [2.24, 2.45) is 0 Å². The van der Waals surface area contributed by atoms with Crippen LogP contribution in [0.15, 0.2) is 51.7 Å². The summed E-state index contributed by atoms with van der Waals surface area (Å²) in [5.74, 6) is 0.461. The highest BCUT2D eigenvalue weighted by molar-refractivity contribution is 9.11. The van der Waals surface area contributed by atoms with Crippen LogP contribution in [0.2, 0.25) is 0 Å². The van der Waals surface area contributed by atoms with Gasteiger partial charge in [-0.1, -0.05) is 44.0 Å². The molecule has 3 aromatic rings. The van der Waals surface area contributed by atoms with E-state index in [0.717, 1.165) is 31.3 Å². The molecule has 6 heteroatoms. The molecule has 3 rings (SSSR count). The Bertz CT molecular complexity index is 753. The quantitative estimate of drug-likeness (QED) is 0.683. The summed E-state index contributed by atoms with van der Waals surface area (Å²) in [6.07, 6.45) is 3.51. The van der Waals surface area contributed by atoms with Crippen molar-refractivity contribution in [2.45, 2.75) is 0 Å². The molecule has 3 N–H and O–H groups in total. The monoisotopic (exact) mass is 392 g/mol. The Kier molecular flexibility index (Phi) is 3.58. The van der Waals surface area contributed by atoms with E-state index in [2.05, 4.69) is 47.0 Å². The van der Waals surface area contributed by atoms with E-state index in [1.54, 1.807) is 12.4 Å². The van der Waals surface area contributed by atoms with Crippen molar-refractivity contribution in [3.05, 3.63) is 51.7 Å². The number of nitrogens with two attached hydrogens (primary N) is 1. The Hall–Kier alpha value is -1.66. The number of hydrogen-bond donors (Lipinski definition) is 2. The lowest BCUT2D eigenvalue weighted by molar-refractivity contribution is 1.10. The molecule has 0 radical (unpaired) electrons. The van der Waals surface area contributed by atoms with Crippen molar-refractivity contribution < 1.29 is 0 Å². The van der Waals surface area contributed by atoms with Gasteiger partial charge in [0, 0.05) is 32.5 Å². The third-order valence-electron chi connectivity index (χ3n) is 2.94. The highest BCUT2D eigenvalue weighted by Crippen LogP contribution is 2.38. The van der Waals surface area contributed by atoms with Gasteiger partial charge >= 0.3 is 0 Å². The topological polar surface area (TPSA) is 67.6 Å². The van der Waals surface area contributed by atoms with E-state index >= 15 is 0 Å². The molecular formula is C14H10Br2N4. The molecule has 0 saturated heterocycles. The summed E-state index contributed by atoms with van der Waals surface area (Å²) in [7, 11) is 0. The zero-order valence-corrected chi connectivity index (χ0v) is 13.4. The lowest BCUT2D eigenvalue weighted by Gasteiger charge is -2.07. The van der Waals surface area contributed by atoms with Crippen LogP contribution in [-0.2, 0) is 0 Å². The molecule has 20 heavy (non-hydrogen) atoms. The SMILES string of the molecule is Nc1n[nH]c(-c2ccc(Br)cc2Br)c1-c1cccnc1. The summed E-state index contributed by atoms with van der Waals surface area (Å²) in [4.78, 5) is 4.14. The fraction of sp³-hybridized carbons (Fsp3) is 0. The average Bonchev–Trinajstić information content (AvgIpc) is 2.81. The largest absolute Gasteiger partial charge is 0.382 e. The number of pyridine rings is 1. The fourth-order valence-corrected chi connectivity index (χ4v) is 3.29. The first-order chi connectivity index (χ1) is 9.66. The predicted molar refractivity (Wildman–Crippen MR) is 87.1 cm³/mol. The summed E-state index contributed by atoms with van der Waals surface area (Å²) in [5.41, 5.74) is 9.66. The van der Waals surface area contributed by atoms with Crippen LogP contribution < -0.4 is 5.73 Å². The lowest BCUT2D eigenvalue weighted by Crippen LogP contribution is -1.89. The molecule has 0 unspecified atom stereocenters. The maximum absolute atomic E-state index is 6.00. The minimum atomic E-state index is 0.461. The van der Waals surface area contributed by atoms with E-state index in [0.29, 0.717) is 5.82 Å². The van der Waals surface area contributed by atoms with Crippen molar-refractivity contribution in [3.8, 4) is 22.4 Å². The number of nitrogens with zero attached hydrogens (tertiary/aromatic N) is 2. The van der Waals surface area contributed by atoms with Crippen LogP contribution in [-0.4, -0.2) is 15.2 Å². The number of halogens is 2. The van der Waals surface area contributed by atoms with E-state index in [-0.39, 0.29) is 0 Å². The van der Waals surface area contributed by atoms with Gasteiger partial charge in [-0.15, -0.1) is 0 Å². The number of anilines is 1. The second kappa shape index (κ2) is 5.38. The van der Waals surface area contributed by atoms with Crippen molar-refractivity contribution in [3.63, 3.8) is 0 Å². The molecule has 0 saturated carbocycles. The van der Waals surface area contributed by atoms with Gasteiger partial charge in [0.25, 0.3) is 0 Å². The van der Waals surface area contributed by atoms with E-state index in [1.807, 2.05) is 30.3 Å². The molecule has 0 fully saturated rings. The Morgan fingerprint density at radius 3 is 2.70 bits per heavy atom. The zero-order valence-electron chi connectivity index (χ0n) is 10.3. The normalized spacial score (nSPS) is 10.7. The molecule has 0 aliphatic rings. The number of H-pyrrole nitrogens is 1. The Morgan fingerprint density at radius 2 is 2.00 bits per heavy atom. The van der Waals surface area contributed by atoms with E-state index in [9.17, 15) is 0 Å². The molecule has 0 spiro atoms.